The van der Waals surface area contributed by atoms with E-state index in [4.69, 9.17) is 4.42 Å². The molecule has 2 aromatic rings. The molecule has 0 fully saturated rings. The van der Waals surface area contributed by atoms with E-state index in [-0.39, 0.29) is 6.10 Å². The molecule has 108 valence electrons. The first-order valence-electron chi connectivity index (χ1n) is 7.24. The SMILES string of the molecule is CCCN(Cc1ccco1)CC(O)Cc1ccccc1. The van der Waals surface area contributed by atoms with E-state index in [2.05, 4.69) is 24.0 Å². The van der Waals surface area contributed by atoms with Gasteiger partial charge in [-0.2, -0.15) is 0 Å². The summed E-state index contributed by atoms with van der Waals surface area (Å²) in [6.45, 7) is 4.54. The van der Waals surface area contributed by atoms with E-state index in [0.717, 1.165) is 25.3 Å². The quantitative estimate of drug-likeness (QED) is 0.803. The number of benzene rings is 1. The molecule has 1 aromatic heterocycles. The highest BCUT2D eigenvalue weighted by Crippen LogP contribution is 2.09. The number of aliphatic hydroxyl groups is 1. The van der Waals surface area contributed by atoms with E-state index in [9.17, 15) is 5.11 Å². The molecule has 0 saturated carbocycles. The Kier molecular flexibility index (Phi) is 5.84. The third-order valence-electron chi connectivity index (χ3n) is 3.28. The monoisotopic (exact) mass is 273 g/mol. The number of rotatable bonds is 8. The lowest BCUT2D eigenvalue weighted by atomic mass is 10.1. The summed E-state index contributed by atoms with van der Waals surface area (Å²) in [5, 5.41) is 10.3. The molecule has 0 aliphatic carbocycles. The largest absolute Gasteiger partial charge is 0.468 e. The maximum Gasteiger partial charge on any atom is 0.117 e. The predicted molar refractivity (Wildman–Crippen MR) is 80.4 cm³/mol. The van der Waals surface area contributed by atoms with Crippen molar-refractivity contribution in [2.75, 3.05) is 13.1 Å². The standard InChI is InChI=1S/C17H23NO2/c1-2-10-18(14-17-9-6-11-20-17)13-16(19)12-15-7-4-3-5-8-15/h3-9,11,16,19H,2,10,12-14H2,1H3. The topological polar surface area (TPSA) is 36.6 Å². The van der Waals surface area contributed by atoms with Crippen molar-refractivity contribution < 1.29 is 9.52 Å². The Bertz CT molecular complexity index is 467. The van der Waals surface area contributed by atoms with E-state index in [1.165, 1.54) is 5.56 Å². The molecule has 0 bridgehead atoms. The van der Waals surface area contributed by atoms with Gasteiger partial charge in [-0.25, -0.2) is 0 Å². The lowest BCUT2D eigenvalue weighted by Gasteiger charge is -2.23. The molecule has 0 amide bonds. The fourth-order valence-corrected chi connectivity index (χ4v) is 2.42. The first-order valence-corrected chi connectivity index (χ1v) is 7.24. The third kappa shape index (κ3) is 4.83. The lowest BCUT2D eigenvalue weighted by molar-refractivity contribution is 0.104. The van der Waals surface area contributed by atoms with Crippen molar-refractivity contribution in [1.29, 1.82) is 0 Å². The molecule has 1 aromatic carbocycles. The van der Waals surface area contributed by atoms with Crippen LogP contribution in [0.2, 0.25) is 0 Å². The minimum atomic E-state index is -0.348. The molecule has 0 saturated heterocycles. The van der Waals surface area contributed by atoms with Crippen LogP contribution >= 0.6 is 0 Å². The summed E-state index contributed by atoms with van der Waals surface area (Å²) >= 11 is 0. The Hall–Kier alpha value is -1.58. The Morgan fingerprint density at radius 2 is 1.95 bits per heavy atom. The Morgan fingerprint density at radius 1 is 1.15 bits per heavy atom. The molecule has 0 spiro atoms. The number of aliphatic hydroxyl groups excluding tert-OH is 1. The van der Waals surface area contributed by atoms with Crippen LogP contribution in [0.25, 0.3) is 0 Å². The smallest absolute Gasteiger partial charge is 0.117 e. The molecular formula is C17H23NO2. The number of hydrogen-bond donors (Lipinski definition) is 1. The molecule has 3 heteroatoms. The van der Waals surface area contributed by atoms with Gasteiger partial charge in [0.1, 0.15) is 5.76 Å². The van der Waals surface area contributed by atoms with Gasteiger partial charge in [0.2, 0.25) is 0 Å². The van der Waals surface area contributed by atoms with Crippen molar-refractivity contribution in [3.8, 4) is 0 Å². The van der Waals surface area contributed by atoms with Gasteiger partial charge in [-0.3, -0.25) is 4.90 Å². The fraction of sp³-hybridized carbons (Fsp3) is 0.412. The van der Waals surface area contributed by atoms with Gasteiger partial charge < -0.3 is 9.52 Å². The third-order valence-corrected chi connectivity index (χ3v) is 3.28. The second-order valence-electron chi connectivity index (χ2n) is 5.16. The minimum Gasteiger partial charge on any atom is -0.468 e. The van der Waals surface area contributed by atoms with Crippen LogP contribution in [0.15, 0.2) is 53.1 Å². The van der Waals surface area contributed by atoms with Gasteiger partial charge in [-0.1, -0.05) is 37.3 Å². The summed E-state index contributed by atoms with van der Waals surface area (Å²) in [6.07, 6.45) is 3.11. The average Bonchev–Trinajstić information content (AvgIpc) is 2.93. The average molecular weight is 273 g/mol. The number of hydrogen-bond acceptors (Lipinski definition) is 3. The molecule has 1 unspecified atom stereocenters. The maximum atomic E-state index is 10.3. The number of nitrogens with zero attached hydrogens (tertiary/aromatic N) is 1. The molecule has 1 heterocycles. The number of furan rings is 1. The van der Waals surface area contributed by atoms with Gasteiger partial charge in [0.15, 0.2) is 0 Å². The molecule has 20 heavy (non-hydrogen) atoms. The summed E-state index contributed by atoms with van der Waals surface area (Å²) in [5.74, 6) is 0.949. The van der Waals surface area contributed by atoms with Gasteiger partial charge in [0, 0.05) is 6.54 Å². The zero-order valence-electron chi connectivity index (χ0n) is 12.0. The summed E-state index contributed by atoms with van der Waals surface area (Å²) in [4.78, 5) is 2.24. The van der Waals surface area contributed by atoms with Gasteiger partial charge in [-0.05, 0) is 37.1 Å². The van der Waals surface area contributed by atoms with Gasteiger partial charge >= 0.3 is 0 Å². The highest BCUT2D eigenvalue weighted by Gasteiger charge is 2.13. The second-order valence-corrected chi connectivity index (χ2v) is 5.16. The normalized spacial score (nSPS) is 12.8. The van der Waals surface area contributed by atoms with Crippen LogP contribution in [0, 0.1) is 0 Å². The first-order chi connectivity index (χ1) is 9.78. The highest BCUT2D eigenvalue weighted by molar-refractivity contribution is 5.15. The van der Waals surface area contributed by atoms with E-state index in [1.807, 2.05) is 30.3 Å². The van der Waals surface area contributed by atoms with Crippen LogP contribution in [0.3, 0.4) is 0 Å². The van der Waals surface area contributed by atoms with Crippen LogP contribution in [0.5, 0.6) is 0 Å². The molecular weight excluding hydrogens is 250 g/mol. The zero-order chi connectivity index (χ0) is 14.2. The van der Waals surface area contributed by atoms with Crippen LogP contribution in [0.4, 0.5) is 0 Å². The molecule has 1 atom stereocenters. The summed E-state index contributed by atoms with van der Waals surface area (Å²) in [6, 6.07) is 14.0. The minimum absolute atomic E-state index is 0.348. The maximum absolute atomic E-state index is 10.3. The summed E-state index contributed by atoms with van der Waals surface area (Å²) in [5.41, 5.74) is 1.18. The summed E-state index contributed by atoms with van der Waals surface area (Å²) in [7, 11) is 0. The van der Waals surface area contributed by atoms with Crippen LogP contribution < -0.4 is 0 Å². The Balaban J connectivity index is 1.87. The molecule has 1 N–H and O–H groups in total. The van der Waals surface area contributed by atoms with Crippen molar-refractivity contribution in [3.05, 3.63) is 60.1 Å². The predicted octanol–water partition coefficient (Wildman–Crippen LogP) is 3.10. The van der Waals surface area contributed by atoms with E-state index in [0.29, 0.717) is 13.0 Å². The van der Waals surface area contributed by atoms with Crippen LogP contribution in [-0.4, -0.2) is 29.2 Å². The van der Waals surface area contributed by atoms with E-state index in [1.54, 1.807) is 6.26 Å². The Labute approximate surface area is 120 Å². The van der Waals surface area contributed by atoms with Gasteiger partial charge in [0.05, 0.1) is 18.9 Å². The lowest BCUT2D eigenvalue weighted by Crippen LogP contribution is -2.33. The van der Waals surface area contributed by atoms with Gasteiger partial charge in [0.25, 0.3) is 0 Å². The van der Waals surface area contributed by atoms with Crippen LogP contribution in [-0.2, 0) is 13.0 Å². The van der Waals surface area contributed by atoms with Crippen molar-refractivity contribution in [3.63, 3.8) is 0 Å². The molecule has 3 nitrogen and oxygen atoms in total. The first kappa shape index (κ1) is 14.8. The van der Waals surface area contributed by atoms with Crippen LogP contribution in [0.1, 0.15) is 24.7 Å². The van der Waals surface area contributed by atoms with E-state index >= 15 is 0 Å². The van der Waals surface area contributed by atoms with Gasteiger partial charge in [-0.15, -0.1) is 0 Å². The fourth-order valence-electron chi connectivity index (χ4n) is 2.42. The molecule has 0 radical (unpaired) electrons. The highest BCUT2D eigenvalue weighted by atomic mass is 16.3. The second kappa shape index (κ2) is 7.88. The van der Waals surface area contributed by atoms with Crippen molar-refractivity contribution >= 4 is 0 Å². The molecule has 0 aliphatic heterocycles. The van der Waals surface area contributed by atoms with Crippen molar-refractivity contribution in [2.45, 2.75) is 32.4 Å². The molecule has 2 rings (SSSR count). The van der Waals surface area contributed by atoms with Crippen molar-refractivity contribution in [1.82, 2.24) is 4.90 Å². The van der Waals surface area contributed by atoms with E-state index < -0.39 is 0 Å². The van der Waals surface area contributed by atoms with Crippen molar-refractivity contribution in [2.24, 2.45) is 0 Å². The zero-order valence-corrected chi connectivity index (χ0v) is 12.0. The Morgan fingerprint density at radius 3 is 2.60 bits per heavy atom. The summed E-state index contributed by atoms with van der Waals surface area (Å²) < 4.78 is 5.39. The molecule has 0 aliphatic rings.